The lowest BCUT2D eigenvalue weighted by atomic mass is 10.2. The zero-order valence-corrected chi connectivity index (χ0v) is 18.9. The van der Waals surface area contributed by atoms with Gasteiger partial charge in [0, 0.05) is 55.8 Å². The van der Waals surface area contributed by atoms with Crippen LogP contribution in [0.25, 0.3) is 11.0 Å². The third kappa shape index (κ3) is 5.31. The molecule has 5 rings (SSSR count). The van der Waals surface area contributed by atoms with E-state index in [1.54, 1.807) is 24.4 Å². The van der Waals surface area contributed by atoms with Gasteiger partial charge in [-0.1, -0.05) is 6.07 Å². The molecule has 1 aliphatic rings. The molecule has 2 amide bonds. The number of piperazine rings is 1. The highest BCUT2D eigenvalue weighted by Gasteiger charge is 2.16. The predicted molar refractivity (Wildman–Crippen MR) is 130 cm³/mol. The van der Waals surface area contributed by atoms with E-state index in [2.05, 4.69) is 30.8 Å². The van der Waals surface area contributed by atoms with Crippen LogP contribution in [0.2, 0.25) is 0 Å². The van der Waals surface area contributed by atoms with E-state index in [-0.39, 0.29) is 17.1 Å². The molecule has 4 aromatic rings. The maximum absolute atomic E-state index is 14.5. The summed E-state index contributed by atoms with van der Waals surface area (Å²) in [5.74, 6) is -2.46. The van der Waals surface area contributed by atoms with Crippen LogP contribution in [-0.4, -0.2) is 42.2 Å². The van der Waals surface area contributed by atoms with E-state index in [0.717, 1.165) is 44.4 Å². The smallest absolute Gasteiger partial charge is 0.323 e. The number of fused-ring (bicyclic) bond motifs is 1. The van der Waals surface area contributed by atoms with Gasteiger partial charge in [0.25, 0.3) is 0 Å². The Balaban J connectivity index is 1.35. The molecule has 1 aromatic heterocycles. The molecule has 1 aliphatic heterocycles. The summed E-state index contributed by atoms with van der Waals surface area (Å²) in [5, 5.41) is 8.08. The minimum Gasteiger partial charge on any atom is -0.454 e. The number of amides is 2. The number of ether oxygens (including phenoxy) is 1. The van der Waals surface area contributed by atoms with Crippen molar-refractivity contribution >= 4 is 34.3 Å². The van der Waals surface area contributed by atoms with Gasteiger partial charge >= 0.3 is 6.03 Å². The second kappa shape index (κ2) is 10.1. The molecule has 1 saturated heterocycles. The Bertz CT molecular complexity index is 1430. The van der Waals surface area contributed by atoms with Crippen molar-refractivity contribution in [1.82, 2.24) is 15.3 Å². The van der Waals surface area contributed by atoms with Crippen LogP contribution in [-0.2, 0) is 0 Å². The minimum absolute atomic E-state index is 0.0561. The third-order valence-corrected chi connectivity index (χ3v) is 5.50. The number of rotatable bonds is 5. The number of hydrogen-bond acceptors (Lipinski definition) is 6. The average Bonchev–Trinajstić information content (AvgIpc) is 2.87. The highest BCUT2D eigenvalue weighted by molar-refractivity contribution is 5.99. The predicted octanol–water partition coefficient (Wildman–Crippen LogP) is 4.89. The molecule has 3 aromatic carbocycles. The van der Waals surface area contributed by atoms with E-state index in [1.807, 2.05) is 0 Å². The van der Waals surface area contributed by atoms with Crippen LogP contribution in [0.5, 0.6) is 11.5 Å². The van der Waals surface area contributed by atoms with E-state index >= 15 is 0 Å². The molecule has 0 aliphatic carbocycles. The van der Waals surface area contributed by atoms with Gasteiger partial charge in [-0.25, -0.2) is 18.6 Å². The lowest BCUT2D eigenvalue weighted by molar-refractivity contribution is 0.262. The van der Waals surface area contributed by atoms with Crippen LogP contribution >= 0.6 is 0 Å². The first-order chi connectivity index (χ1) is 17.4. The first-order valence-electron chi connectivity index (χ1n) is 11.2. The summed E-state index contributed by atoms with van der Waals surface area (Å²) >= 11 is 0. The summed E-state index contributed by atoms with van der Waals surface area (Å²) in [5.41, 5.74) is 1.30. The van der Waals surface area contributed by atoms with Crippen molar-refractivity contribution < 1.29 is 22.7 Å². The van der Waals surface area contributed by atoms with Gasteiger partial charge in [0.2, 0.25) is 5.82 Å². The first kappa shape index (κ1) is 23.4. The number of carbonyl (C=O) groups excluding carboxylic acids is 1. The highest BCUT2D eigenvalue weighted by atomic mass is 19.2. The monoisotopic (exact) mass is 494 g/mol. The second-order valence-corrected chi connectivity index (χ2v) is 8.08. The van der Waals surface area contributed by atoms with Crippen molar-refractivity contribution in [2.24, 2.45) is 0 Å². The van der Waals surface area contributed by atoms with Crippen molar-refractivity contribution in [2.75, 3.05) is 41.7 Å². The second-order valence-electron chi connectivity index (χ2n) is 8.08. The van der Waals surface area contributed by atoms with Gasteiger partial charge in [0.1, 0.15) is 17.4 Å². The quantitative estimate of drug-likeness (QED) is 0.366. The van der Waals surface area contributed by atoms with E-state index in [9.17, 15) is 18.0 Å². The van der Waals surface area contributed by atoms with Crippen LogP contribution in [0, 0.1) is 17.5 Å². The van der Waals surface area contributed by atoms with Crippen molar-refractivity contribution in [1.29, 1.82) is 0 Å². The summed E-state index contributed by atoms with van der Waals surface area (Å²) in [6.45, 7) is 3.29. The maximum atomic E-state index is 14.5. The van der Waals surface area contributed by atoms with Gasteiger partial charge in [-0.3, -0.25) is 4.98 Å². The number of anilines is 3. The SMILES string of the molecule is O=C(Nc1cccc(F)c1)Nc1cc(F)c(F)c(Oc2ccc3ncc(N4CCNCC4)nc3c2)c1. The summed E-state index contributed by atoms with van der Waals surface area (Å²) in [4.78, 5) is 23.4. The normalized spacial score (nSPS) is 13.5. The minimum atomic E-state index is -1.22. The molecule has 184 valence electrons. The number of halogens is 3. The van der Waals surface area contributed by atoms with Crippen molar-refractivity contribution in [2.45, 2.75) is 0 Å². The fourth-order valence-electron chi connectivity index (χ4n) is 3.79. The van der Waals surface area contributed by atoms with Crippen molar-refractivity contribution in [3.8, 4) is 11.5 Å². The van der Waals surface area contributed by atoms with Crippen LogP contribution in [0.15, 0.2) is 60.8 Å². The molecular formula is C25H21F3N6O2. The molecule has 11 heteroatoms. The van der Waals surface area contributed by atoms with E-state index < -0.39 is 29.2 Å². The zero-order valence-electron chi connectivity index (χ0n) is 18.9. The molecule has 0 saturated carbocycles. The Morgan fingerprint density at radius 1 is 0.944 bits per heavy atom. The number of carbonyl (C=O) groups is 1. The summed E-state index contributed by atoms with van der Waals surface area (Å²) < 4.78 is 47.7. The third-order valence-electron chi connectivity index (χ3n) is 5.50. The van der Waals surface area contributed by atoms with E-state index in [0.29, 0.717) is 16.9 Å². The van der Waals surface area contributed by atoms with Crippen LogP contribution in [0.1, 0.15) is 0 Å². The molecule has 2 heterocycles. The first-order valence-corrected chi connectivity index (χ1v) is 11.2. The molecule has 0 radical (unpaired) electrons. The molecule has 36 heavy (non-hydrogen) atoms. The zero-order chi connectivity index (χ0) is 25.1. The van der Waals surface area contributed by atoms with Gasteiger partial charge in [0.15, 0.2) is 11.6 Å². The topological polar surface area (TPSA) is 91.4 Å². The number of hydrogen-bond donors (Lipinski definition) is 3. The fourth-order valence-corrected chi connectivity index (χ4v) is 3.79. The lowest BCUT2D eigenvalue weighted by Gasteiger charge is -2.28. The maximum Gasteiger partial charge on any atom is 0.323 e. The van der Waals surface area contributed by atoms with Crippen LogP contribution in [0.4, 0.5) is 35.2 Å². The number of benzene rings is 3. The molecule has 0 bridgehead atoms. The van der Waals surface area contributed by atoms with Gasteiger partial charge < -0.3 is 25.6 Å². The molecule has 3 N–H and O–H groups in total. The van der Waals surface area contributed by atoms with Gasteiger partial charge in [-0.2, -0.15) is 4.39 Å². The Labute approximate surface area is 204 Å². The summed E-state index contributed by atoms with van der Waals surface area (Å²) in [6.07, 6.45) is 1.70. The molecule has 8 nitrogen and oxygen atoms in total. The van der Waals surface area contributed by atoms with Gasteiger partial charge in [0.05, 0.1) is 17.2 Å². The van der Waals surface area contributed by atoms with Crippen molar-refractivity contribution in [3.05, 3.63) is 78.2 Å². The standard InChI is InChI=1S/C25H21F3N6O2/c26-15-2-1-3-16(10-15)31-25(35)32-17-11-19(27)24(28)22(12-17)36-18-4-5-20-21(13-18)33-23(14-30-20)34-8-6-29-7-9-34/h1-5,10-14,29H,6-9H2,(H2,31,32,35). The number of nitrogens with one attached hydrogen (secondary N) is 3. The van der Waals surface area contributed by atoms with Gasteiger partial charge in [-0.15, -0.1) is 0 Å². The Kier molecular flexibility index (Phi) is 6.54. The molecular weight excluding hydrogens is 473 g/mol. The summed E-state index contributed by atoms with van der Waals surface area (Å²) in [6, 6.07) is 11.3. The van der Waals surface area contributed by atoms with Crippen LogP contribution < -0.4 is 25.6 Å². The fraction of sp³-hybridized carbons (Fsp3) is 0.160. The number of aromatic nitrogens is 2. The van der Waals surface area contributed by atoms with E-state index in [1.165, 1.54) is 18.2 Å². The Hall–Kier alpha value is -4.38. The largest absolute Gasteiger partial charge is 0.454 e. The average molecular weight is 494 g/mol. The molecule has 1 fully saturated rings. The van der Waals surface area contributed by atoms with Gasteiger partial charge in [-0.05, 0) is 30.3 Å². The number of nitrogens with zero attached hydrogens (tertiary/aromatic N) is 3. The Morgan fingerprint density at radius 2 is 1.75 bits per heavy atom. The number of urea groups is 1. The summed E-state index contributed by atoms with van der Waals surface area (Å²) in [7, 11) is 0. The highest BCUT2D eigenvalue weighted by Crippen LogP contribution is 2.31. The molecule has 0 spiro atoms. The van der Waals surface area contributed by atoms with Crippen LogP contribution in [0.3, 0.4) is 0 Å². The lowest BCUT2D eigenvalue weighted by Crippen LogP contribution is -2.43. The van der Waals surface area contributed by atoms with E-state index in [4.69, 9.17) is 4.74 Å². The molecule has 0 unspecified atom stereocenters. The Morgan fingerprint density at radius 3 is 2.56 bits per heavy atom. The van der Waals surface area contributed by atoms with Crippen molar-refractivity contribution in [3.63, 3.8) is 0 Å². The molecule has 0 atom stereocenters.